The lowest BCUT2D eigenvalue weighted by molar-refractivity contribution is -0.142. The van der Waals surface area contributed by atoms with Crippen LogP contribution in [0.15, 0.2) is 30.3 Å². The minimum atomic E-state index is -1.03. The van der Waals surface area contributed by atoms with Crippen molar-refractivity contribution in [3.63, 3.8) is 0 Å². The van der Waals surface area contributed by atoms with Crippen LogP contribution in [-0.4, -0.2) is 59.5 Å². The first-order valence-corrected chi connectivity index (χ1v) is 7.96. The first kappa shape index (κ1) is 16.4. The Hall–Kier alpha value is -2.41. The van der Waals surface area contributed by atoms with Gasteiger partial charge >= 0.3 is 6.03 Å². The molecule has 24 heavy (non-hydrogen) atoms. The number of imide groups is 1. The van der Waals surface area contributed by atoms with Crippen molar-refractivity contribution >= 4 is 17.8 Å². The molecule has 4 amide bonds. The molecule has 0 radical (unpaired) electrons. The van der Waals surface area contributed by atoms with E-state index in [0.29, 0.717) is 19.8 Å². The zero-order valence-electron chi connectivity index (χ0n) is 13.8. The highest BCUT2D eigenvalue weighted by Crippen LogP contribution is 2.26. The molecule has 0 spiro atoms. The molecule has 2 fully saturated rings. The summed E-state index contributed by atoms with van der Waals surface area (Å²) in [4.78, 5) is 39.6. The molecule has 2 saturated heterocycles. The largest absolute Gasteiger partial charge is 0.377 e. The van der Waals surface area contributed by atoms with Crippen LogP contribution in [0.4, 0.5) is 4.79 Å². The maximum atomic E-state index is 12.8. The number of ether oxygens (including phenoxy) is 1. The molecule has 1 aromatic carbocycles. The summed E-state index contributed by atoms with van der Waals surface area (Å²) in [5, 5.41) is 2.26. The Kier molecular flexibility index (Phi) is 4.28. The lowest BCUT2D eigenvalue weighted by atomic mass is 10.0. The fourth-order valence-electron chi connectivity index (χ4n) is 3.04. The van der Waals surface area contributed by atoms with Gasteiger partial charge in [0.25, 0.3) is 5.91 Å². The van der Waals surface area contributed by atoms with Gasteiger partial charge in [-0.1, -0.05) is 30.3 Å². The van der Waals surface area contributed by atoms with Crippen LogP contribution in [-0.2, 0) is 14.3 Å². The minimum Gasteiger partial charge on any atom is -0.377 e. The summed E-state index contributed by atoms with van der Waals surface area (Å²) >= 11 is 0. The van der Waals surface area contributed by atoms with Crippen molar-refractivity contribution in [3.05, 3.63) is 35.9 Å². The molecule has 2 aliphatic heterocycles. The molecule has 128 valence electrons. The molecule has 0 aromatic heterocycles. The van der Waals surface area contributed by atoms with Crippen LogP contribution in [0.2, 0.25) is 0 Å². The second kappa shape index (κ2) is 6.24. The van der Waals surface area contributed by atoms with Gasteiger partial charge in [-0.25, -0.2) is 4.79 Å². The zero-order chi connectivity index (χ0) is 17.3. The number of carbonyl (C=O) groups excluding carboxylic acids is 3. The Labute approximate surface area is 140 Å². The predicted molar refractivity (Wildman–Crippen MR) is 86.0 cm³/mol. The minimum absolute atomic E-state index is 0.131. The smallest absolute Gasteiger partial charge is 0.325 e. The number of hydrogen-bond donors (Lipinski definition) is 1. The molecule has 2 heterocycles. The quantitative estimate of drug-likeness (QED) is 0.835. The van der Waals surface area contributed by atoms with Crippen molar-refractivity contribution in [1.82, 2.24) is 15.1 Å². The van der Waals surface area contributed by atoms with E-state index in [0.717, 1.165) is 5.56 Å². The topological polar surface area (TPSA) is 79.0 Å². The van der Waals surface area contributed by atoms with Gasteiger partial charge in [0.1, 0.15) is 12.1 Å². The highest BCUT2D eigenvalue weighted by Gasteiger charge is 2.47. The monoisotopic (exact) mass is 331 g/mol. The van der Waals surface area contributed by atoms with E-state index < -0.39 is 11.6 Å². The van der Waals surface area contributed by atoms with E-state index in [2.05, 4.69) is 5.32 Å². The lowest BCUT2D eigenvalue weighted by Crippen LogP contribution is -2.52. The van der Waals surface area contributed by atoms with Crippen molar-refractivity contribution in [2.24, 2.45) is 0 Å². The number of urea groups is 1. The van der Waals surface area contributed by atoms with Gasteiger partial charge < -0.3 is 14.5 Å². The predicted octanol–water partition coefficient (Wildman–Crippen LogP) is 0.917. The summed E-state index contributed by atoms with van der Waals surface area (Å²) in [7, 11) is 0. The summed E-state index contributed by atoms with van der Waals surface area (Å²) in [5.41, 5.74) is -0.0341. The zero-order valence-corrected chi connectivity index (χ0v) is 13.8. The van der Waals surface area contributed by atoms with Crippen molar-refractivity contribution in [1.29, 1.82) is 0 Å². The van der Waals surface area contributed by atoms with Gasteiger partial charge in [-0.05, 0) is 19.4 Å². The van der Waals surface area contributed by atoms with Crippen molar-refractivity contribution in [2.45, 2.75) is 25.4 Å². The second-order valence-corrected chi connectivity index (χ2v) is 6.49. The number of morpholine rings is 1. The molecule has 3 rings (SSSR count). The number of hydrogen-bond acceptors (Lipinski definition) is 4. The average molecular weight is 331 g/mol. The highest BCUT2D eigenvalue weighted by molar-refractivity contribution is 6.07. The van der Waals surface area contributed by atoms with Crippen LogP contribution in [0.1, 0.15) is 25.5 Å². The molecule has 0 aliphatic carbocycles. The Bertz CT molecular complexity index is 659. The fraction of sp³-hybridized carbons (Fsp3) is 0.471. The third-order valence-corrected chi connectivity index (χ3v) is 4.62. The van der Waals surface area contributed by atoms with E-state index in [1.165, 1.54) is 4.90 Å². The molecule has 7 heteroatoms. The van der Waals surface area contributed by atoms with Crippen molar-refractivity contribution < 1.29 is 19.1 Å². The van der Waals surface area contributed by atoms with Crippen LogP contribution in [0.5, 0.6) is 0 Å². The van der Waals surface area contributed by atoms with Gasteiger partial charge in [-0.2, -0.15) is 0 Å². The Morgan fingerprint density at radius 1 is 1.29 bits per heavy atom. The SMILES string of the molecule is CC1(C)C(=O)NC(=O)N1CC(=O)N1CCOCC1c1ccccc1. The molecule has 7 nitrogen and oxygen atoms in total. The van der Waals surface area contributed by atoms with Crippen LogP contribution in [0.25, 0.3) is 0 Å². The van der Waals surface area contributed by atoms with Crippen LogP contribution in [0.3, 0.4) is 0 Å². The third-order valence-electron chi connectivity index (χ3n) is 4.62. The van der Waals surface area contributed by atoms with Gasteiger partial charge in [0, 0.05) is 6.54 Å². The third kappa shape index (κ3) is 2.87. The molecule has 1 N–H and O–H groups in total. The van der Waals surface area contributed by atoms with Crippen molar-refractivity contribution in [2.75, 3.05) is 26.3 Å². The number of nitrogens with one attached hydrogen (secondary N) is 1. The summed E-state index contributed by atoms with van der Waals surface area (Å²) < 4.78 is 5.53. The standard InChI is InChI=1S/C17H21N3O4/c1-17(2)15(22)18-16(23)20(17)10-14(21)19-8-9-24-11-13(19)12-6-4-3-5-7-12/h3-7,13H,8-11H2,1-2H3,(H,18,22,23). The van der Waals surface area contributed by atoms with E-state index in [4.69, 9.17) is 4.74 Å². The summed E-state index contributed by atoms with van der Waals surface area (Å²) in [6, 6.07) is 8.96. The number of carbonyl (C=O) groups is 3. The van der Waals surface area contributed by atoms with Gasteiger partial charge in [-0.15, -0.1) is 0 Å². The Morgan fingerprint density at radius 3 is 2.62 bits per heavy atom. The van der Waals surface area contributed by atoms with E-state index in [-0.39, 0.29) is 24.4 Å². The summed E-state index contributed by atoms with van der Waals surface area (Å²) in [6.07, 6.45) is 0. The second-order valence-electron chi connectivity index (χ2n) is 6.49. The molecule has 0 bridgehead atoms. The van der Waals surface area contributed by atoms with Crippen LogP contribution < -0.4 is 5.32 Å². The van der Waals surface area contributed by atoms with E-state index in [1.54, 1.807) is 18.7 Å². The Balaban J connectivity index is 1.78. The maximum Gasteiger partial charge on any atom is 0.325 e. The Morgan fingerprint density at radius 2 is 2.00 bits per heavy atom. The van der Waals surface area contributed by atoms with Crippen LogP contribution >= 0.6 is 0 Å². The number of rotatable bonds is 3. The normalized spacial score (nSPS) is 23.3. The molecule has 1 atom stereocenters. The number of benzene rings is 1. The van der Waals surface area contributed by atoms with Crippen LogP contribution in [0, 0.1) is 0 Å². The molecular formula is C17H21N3O4. The van der Waals surface area contributed by atoms with Gasteiger partial charge in [-0.3, -0.25) is 14.9 Å². The first-order chi connectivity index (χ1) is 11.4. The summed E-state index contributed by atoms with van der Waals surface area (Å²) in [5.74, 6) is -0.577. The first-order valence-electron chi connectivity index (χ1n) is 7.96. The lowest BCUT2D eigenvalue weighted by Gasteiger charge is -2.38. The molecule has 0 saturated carbocycles. The van der Waals surface area contributed by atoms with E-state index in [9.17, 15) is 14.4 Å². The van der Waals surface area contributed by atoms with E-state index >= 15 is 0 Å². The maximum absolute atomic E-state index is 12.8. The average Bonchev–Trinajstić information content (AvgIpc) is 2.77. The molecule has 1 unspecified atom stereocenters. The number of nitrogens with zero attached hydrogens (tertiary/aromatic N) is 2. The van der Waals surface area contributed by atoms with Crippen molar-refractivity contribution in [3.8, 4) is 0 Å². The highest BCUT2D eigenvalue weighted by atomic mass is 16.5. The number of amides is 4. The molecule has 1 aromatic rings. The van der Waals surface area contributed by atoms with E-state index in [1.807, 2.05) is 30.3 Å². The fourth-order valence-corrected chi connectivity index (χ4v) is 3.04. The molecular weight excluding hydrogens is 310 g/mol. The molecule has 2 aliphatic rings. The van der Waals surface area contributed by atoms with Gasteiger partial charge in [0.2, 0.25) is 5.91 Å². The summed E-state index contributed by atoms with van der Waals surface area (Å²) in [6.45, 7) is 4.48. The van der Waals surface area contributed by atoms with Gasteiger partial charge in [0.15, 0.2) is 0 Å². The van der Waals surface area contributed by atoms with Gasteiger partial charge in [0.05, 0.1) is 19.3 Å².